The van der Waals surface area contributed by atoms with Gasteiger partial charge in [0.1, 0.15) is 12.4 Å². The van der Waals surface area contributed by atoms with Crippen LogP contribution in [0.1, 0.15) is 22.3 Å². The Hall–Kier alpha value is -2.20. The maximum Gasteiger partial charge on any atom is 0.315 e. The number of urea groups is 1. The Balaban J connectivity index is 1.74. The molecule has 2 N–H and O–H groups in total. The third-order valence-corrected chi connectivity index (χ3v) is 4.27. The second-order valence-corrected chi connectivity index (χ2v) is 6.11. The van der Waals surface area contributed by atoms with Gasteiger partial charge in [-0.25, -0.2) is 4.79 Å². The highest BCUT2D eigenvalue weighted by atomic mass is 35.5. The van der Waals surface area contributed by atoms with Crippen LogP contribution in [-0.4, -0.2) is 19.2 Å². The van der Waals surface area contributed by atoms with Crippen molar-refractivity contribution in [1.82, 2.24) is 10.6 Å². The number of carbonyl (C=O) groups excluding carboxylic acids is 1. The summed E-state index contributed by atoms with van der Waals surface area (Å²) in [6, 6.07) is 11.3. The van der Waals surface area contributed by atoms with Gasteiger partial charge in [-0.2, -0.15) is 0 Å². The summed E-state index contributed by atoms with van der Waals surface area (Å²) < 4.78 is 5.82. The lowest BCUT2D eigenvalue weighted by Gasteiger charge is -2.14. The smallest absolute Gasteiger partial charge is 0.315 e. The summed E-state index contributed by atoms with van der Waals surface area (Å²) in [5.41, 5.74) is 4.32. The molecule has 2 aromatic rings. The number of benzene rings is 2. The molecule has 2 amide bonds. The summed E-state index contributed by atoms with van der Waals surface area (Å²) in [4.78, 5) is 11.8. The Kier molecular flexibility index (Phi) is 6.50. The maximum atomic E-state index is 11.8. The molecule has 0 heterocycles. The average molecular weight is 347 g/mol. The molecule has 0 aliphatic heterocycles. The van der Waals surface area contributed by atoms with Crippen molar-refractivity contribution in [3.8, 4) is 5.75 Å². The van der Waals surface area contributed by atoms with Gasteiger partial charge in [0.25, 0.3) is 0 Å². The van der Waals surface area contributed by atoms with E-state index in [1.54, 1.807) is 6.07 Å². The number of hydrogen-bond acceptors (Lipinski definition) is 2. The monoisotopic (exact) mass is 346 g/mol. The fourth-order valence-corrected chi connectivity index (χ4v) is 2.55. The van der Waals surface area contributed by atoms with Gasteiger partial charge in [0.15, 0.2) is 0 Å². The second-order valence-electron chi connectivity index (χ2n) is 5.70. The summed E-state index contributed by atoms with van der Waals surface area (Å²) in [6.07, 6.45) is 0. The highest BCUT2D eigenvalue weighted by Gasteiger charge is 2.07. The molecule has 0 fully saturated rings. The molecule has 0 aromatic heterocycles. The van der Waals surface area contributed by atoms with E-state index in [0.717, 1.165) is 22.4 Å². The average Bonchev–Trinajstić information content (AvgIpc) is 2.57. The molecule has 0 atom stereocenters. The van der Waals surface area contributed by atoms with Gasteiger partial charge in [-0.1, -0.05) is 41.9 Å². The number of hydrogen-bond donors (Lipinski definition) is 2. The van der Waals surface area contributed by atoms with Gasteiger partial charge >= 0.3 is 6.03 Å². The first-order valence-corrected chi connectivity index (χ1v) is 8.31. The molecule has 0 radical (unpaired) electrons. The van der Waals surface area contributed by atoms with Crippen molar-refractivity contribution >= 4 is 17.6 Å². The number of ether oxygens (including phenoxy) is 1. The van der Waals surface area contributed by atoms with Crippen LogP contribution in [0.3, 0.4) is 0 Å². The third-order valence-electron chi connectivity index (χ3n) is 3.90. The predicted octanol–water partition coefficient (Wildman–Crippen LogP) is 4.14. The second kappa shape index (κ2) is 8.60. The van der Waals surface area contributed by atoms with Crippen LogP contribution in [0.4, 0.5) is 4.79 Å². The number of carbonyl (C=O) groups is 1. The highest BCUT2D eigenvalue weighted by Crippen LogP contribution is 2.25. The van der Waals surface area contributed by atoms with E-state index in [4.69, 9.17) is 16.3 Å². The van der Waals surface area contributed by atoms with Crippen molar-refractivity contribution in [2.45, 2.75) is 27.3 Å². The maximum absolute atomic E-state index is 11.8. The Morgan fingerprint density at radius 3 is 2.50 bits per heavy atom. The summed E-state index contributed by atoms with van der Waals surface area (Å²) in [7, 11) is 0. The van der Waals surface area contributed by atoms with Crippen LogP contribution in [0.2, 0.25) is 5.02 Å². The molecule has 0 aliphatic rings. The molecule has 24 heavy (non-hydrogen) atoms. The molecule has 0 aliphatic carbocycles. The van der Waals surface area contributed by atoms with E-state index in [0.29, 0.717) is 24.7 Å². The molecule has 0 saturated carbocycles. The van der Waals surface area contributed by atoms with Gasteiger partial charge in [-0.15, -0.1) is 0 Å². The van der Waals surface area contributed by atoms with Gasteiger partial charge in [0.2, 0.25) is 0 Å². The van der Waals surface area contributed by atoms with Crippen LogP contribution in [-0.2, 0) is 6.54 Å². The summed E-state index contributed by atoms with van der Waals surface area (Å²) >= 11 is 6.05. The number of halogens is 1. The van der Waals surface area contributed by atoms with Crippen LogP contribution < -0.4 is 15.4 Å². The SMILES string of the molecule is Cc1ccc(C)c(OCCNC(=O)NCc2ccccc2Cl)c1C. The normalized spacial score (nSPS) is 10.3. The molecule has 4 nitrogen and oxygen atoms in total. The van der Waals surface area contributed by atoms with E-state index in [9.17, 15) is 4.79 Å². The van der Waals surface area contributed by atoms with E-state index in [-0.39, 0.29) is 6.03 Å². The lowest BCUT2D eigenvalue weighted by atomic mass is 10.1. The molecule has 5 heteroatoms. The minimum Gasteiger partial charge on any atom is -0.491 e. The van der Waals surface area contributed by atoms with Crippen molar-refractivity contribution < 1.29 is 9.53 Å². The standard InChI is InChI=1S/C19H23ClN2O2/c1-13-8-9-14(2)18(15(13)3)24-11-10-21-19(23)22-12-16-6-4-5-7-17(16)20/h4-9H,10-12H2,1-3H3,(H2,21,22,23). The first kappa shape index (κ1) is 18.1. The Bertz CT molecular complexity index is 717. The van der Waals surface area contributed by atoms with E-state index < -0.39 is 0 Å². The largest absolute Gasteiger partial charge is 0.491 e. The minimum atomic E-state index is -0.240. The number of amides is 2. The number of rotatable bonds is 6. The zero-order chi connectivity index (χ0) is 17.5. The van der Waals surface area contributed by atoms with E-state index in [1.165, 1.54) is 5.56 Å². The van der Waals surface area contributed by atoms with Crippen molar-refractivity contribution in [3.63, 3.8) is 0 Å². The zero-order valence-corrected chi connectivity index (χ0v) is 15.0. The quantitative estimate of drug-likeness (QED) is 0.772. The van der Waals surface area contributed by atoms with Gasteiger partial charge in [-0.3, -0.25) is 0 Å². The molecular formula is C19H23ClN2O2. The lowest BCUT2D eigenvalue weighted by molar-refractivity contribution is 0.236. The number of nitrogens with one attached hydrogen (secondary N) is 2. The molecule has 0 spiro atoms. The Labute approximate surface area is 148 Å². The Morgan fingerprint density at radius 2 is 1.75 bits per heavy atom. The van der Waals surface area contributed by atoms with Crippen LogP contribution in [0.25, 0.3) is 0 Å². The van der Waals surface area contributed by atoms with E-state index >= 15 is 0 Å². The minimum absolute atomic E-state index is 0.240. The Morgan fingerprint density at radius 1 is 1.04 bits per heavy atom. The molecule has 0 bridgehead atoms. The first-order chi connectivity index (χ1) is 11.5. The predicted molar refractivity (Wildman–Crippen MR) is 97.8 cm³/mol. The molecule has 0 unspecified atom stereocenters. The van der Waals surface area contributed by atoms with Crippen molar-refractivity contribution in [3.05, 3.63) is 63.7 Å². The summed E-state index contributed by atoms with van der Waals surface area (Å²) in [5, 5.41) is 6.20. The molecule has 128 valence electrons. The van der Waals surface area contributed by atoms with Gasteiger partial charge in [0, 0.05) is 11.6 Å². The number of aryl methyl sites for hydroxylation is 2. The van der Waals surface area contributed by atoms with Crippen LogP contribution in [0.15, 0.2) is 36.4 Å². The molecular weight excluding hydrogens is 324 g/mol. The van der Waals surface area contributed by atoms with Crippen LogP contribution in [0, 0.1) is 20.8 Å². The van der Waals surface area contributed by atoms with Crippen molar-refractivity contribution in [2.24, 2.45) is 0 Å². The molecule has 2 rings (SSSR count). The first-order valence-electron chi connectivity index (χ1n) is 7.93. The van der Waals surface area contributed by atoms with Crippen LogP contribution in [0.5, 0.6) is 5.75 Å². The summed E-state index contributed by atoms with van der Waals surface area (Å²) in [6.45, 7) is 7.36. The van der Waals surface area contributed by atoms with Gasteiger partial charge < -0.3 is 15.4 Å². The highest BCUT2D eigenvalue weighted by molar-refractivity contribution is 6.31. The topological polar surface area (TPSA) is 50.4 Å². The third kappa shape index (κ3) is 4.90. The van der Waals surface area contributed by atoms with E-state index in [2.05, 4.69) is 23.6 Å². The van der Waals surface area contributed by atoms with Crippen molar-refractivity contribution in [1.29, 1.82) is 0 Å². The zero-order valence-electron chi connectivity index (χ0n) is 14.3. The molecule has 2 aromatic carbocycles. The van der Waals surface area contributed by atoms with Crippen LogP contribution >= 0.6 is 11.6 Å². The van der Waals surface area contributed by atoms with E-state index in [1.807, 2.05) is 38.1 Å². The molecule has 0 saturated heterocycles. The fraction of sp³-hybridized carbons (Fsp3) is 0.316. The van der Waals surface area contributed by atoms with Gasteiger partial charge in [0.05, 0.1) is 6.54 Å². The fourth-order valence-electron chi connectivity index (χ4n) is 2.35. The summed E-state index contributed by atoms with van der Waals surface area (Å²) in [5.74, 6) is 0.897. The van der Waals surface area contributed by atoms with Gasteiger partial charge in [-0.05, 0) is 49.1 Å². The van der Waals surface area contributed by atoms with Crippen molar-refractivity contribution in [2.75, 3.05) is 13.2 Å². The lowest BCUT2D eigenvalue weighted by Crippen LogP contribution is -2.37.